The Labute approximate surface area is 109 Å². The summed E-state index contributed by atoms with van der Waals surface area (Å²) in [5.41, 5.74) is 0.475. The van der Waals surface area contributed by atoms with E-state index in [2.05, 4.69) is 4.72 Å². The molecule has 0 saturated heterocycles. The van der Waals surface area contributed by atoms with Gasteiger partial charge in [-0.15, -0.1) is 0 Å². The Hall–Kier alpha value is -0.910. The minimum absolute atomic E-state index is 0.116. The molecular weight excluding hydrogens is 250 g/mol. The third kappa shape index (κ3) is 4.40. The molecule has 0 heterocycles. The highest BCUT2D eigenvalue weighted by atomic mass is 32.2. The van der Waals surface area contributed by atoms with Gasteiger partial charge in [-0.1, -0.05) is 32.9 Å². The van der Waals surface area contributed by atoms with Crippen LogP contribution in [0.15, 0.2) is 29.2 Å². The molecule has 2 N–H and O–H groups in total. The van der Waals surface area contributed by atoms with Gasteiger partial charge in [-0.3, -0.25) is 0 Å². The van der Waals surface area contributed by atoms with Gasteiger partial charge in [0.1, 0.15) is 0 Å². The molecule has 1 aromatic rings. The van der Waals surface area contributed by atoms with E-state index < -0.39 is 16.1 Å². The molecule has 18 heavy (non-hydrogen) atoms. The van der Waals surface area contributed by atoms with E-state index >= 15 is 0 Å². The van der Waals surface area contributed by atoms with Crippen molar-refractivity contribution < 1.29 is 13.5 Å². The van der Waals surface area contributed by atoms with Crippen LogP contribution in [0.2, 0.25) is 0 Å². The van der Waals surface area contributed by atoms with Crippen molar-refractivity contribution in [2.45, 2.75) is 38.7 Å². The van der Waals surface area contributed by atoms with Crippen molar-refractivity contribution in [3.63, 3.8) is 0 Å². The molecule has 5 heteroatoms. The third-order valence-corrected chi connectivity index (χ3v) is 3.84. The van der Waals surface area contributed by atoms with Crippen LogP contribution >= 0.6 is 0 Å². The molecule has 0 aromatic heterocycles. The molecule has 0 spiro atoms. The Morgan fingerprint density at radius 3 is 2.44 bits per heavy atom. The summed E-state index contributed by atoms with van der Waals surface area (Å²) in [5, 5.41) is 9.46. The Bertz CT molecular complexity index is 501. The third-order valence-electron chi connectivity index (χ3n) is 2.44. The first-order chi connectivity index (χ1) is 8.12. The molecule has 0 fully saturated rings. The minimum atomic E-state index is -3.51. The number of hydrogen-bond donors (Lipinski definition) is 2. The predicted molar refractivity (Wildman–Crippen MR) is 71.7 cm³/mol. The zero-order valence-corrected chi connectivity index (χ0v) is 12.1. The first-order valence-electron chi connectivity index (χ1n) is 5.89. The maximum Gasteiger partial charge on any atom is 0.240 e. The lowest BCUT2D eigenvalue weighted by molar-refractivity contribution is 0.199. The van der Waals surface area contributed by atoms with E-state index in [9.17, 15) is 13.5 Å². The normalized spacial score (nSPS) is 14.5. The SMILES string of the molecule is CC(O)c1cccc(S(=O)(=O)NCC(C)(C)C)c1. The van der Waals surface area contributed by atoms with Crippen LogP contribution in [0.3, 0.4) is 0 Å². The van der Waals surface area contributed by atoms with Crippen LogP contribution < -0.4 is 4.72 Å². The fourth-order valence-corrected chi connectivity index (χ4v) is 2.68. The highest BCUT2D eigenvalue weighted by molar-refractivity contribution is 7.89. The summed E-state index contributed by atoms with van der Waals surface area (Å²) in [4.78, 5) is 0.185. The molecule has 1 unspecified atom stereocenters. The fraction of sp³-hybridized carbons (Fsp3) is 0.538. The topological polar surface area (TPSA) is 66.4 Å². The first-order valence-corrected chi connectivity index (χ1v) is 7.38. The van der Waals surface area contributed by atoms with E-state index in [-0.39, 0.29) is 10.3 Å². The number of sulfonamides is 1. The number of aliphatic hydroxyl groups excluding tert-OH is 1. The Balaban J connectivity index is 2.95. The molecule has 0 amide bonds. The second-order valence-corrected chi connectivity index (χ2v) is 7.40. The first kappa shape index (κ1) is 15.1. The van der Waals surface area contributed by atoms with Gasteiger partial charge in [-0.05, 0) is 30.0 Å². The number of nitrogens with one attached hydrogen (secondary N) is 1. The molecule has 1 aromatic carbocycles. The molecule has 0 aliphatic carbocycles. The van der Waals surface area contributed by atoms with E-state index in [1.54, 1.807) is 19.1 Å². The minimum Gasteiger partial charge on any atom is -0.389 e. The molecule has 0 saturated carbocycles. The summed E-state index contributed by atoms with van der Waals surface area (Å²) >= 11 is 0. The summed E-state index contributed by atoms with van der Waals surface area (Å²) in [6.07, 6.45) is -0.678. The molecule has 0 aliphatic rings. The number of benzene rings is 1. The van der Waals surface area contributed by atoms with Crippen molar-refractivity contribution in [1.82, 2.24) is 4.72 Å². The second kappa shape index (κ2) is 5.38. The van der Waals surface area contributed by atoms with Crippen molar-refractivity contribution in [3.8, 4) is 0 Å². The van der Waals surface area contributed by atoms with Crippen molar-refractivity contribution in [3.05, 3.63) is 29.8 Å². The average Bonchev–Trinajstić information content (AvgIpc) is 2.26. The van der Waals surface area contributed by atoms with E-state index in [0.29, 0.717) is 12.1 Å². The van der Waals surface area contributed by atoms with E-state index in [1.165, 1.54) is 12.1 Å². The van der Waals surface area contributed by atoms with Gasteiger partial charge in [-0.2, -0.15) is 0 Å². The van der Waals surface area contributed by atoms with Crippen molar-refractivity contribution in [1.29, 1.82) is 0 Å². The molecule has 102 valence electrons. The van der Waals surface area contributed by atoms with Crippen LogP contribution in [0.1, 0.15) is 39.4 Å². The second-order valence-electron chi connectivity index (χ2n) is 5.63. The average molecular weight is 271 g/mol. The lowest BCUT2D eigenvalue weighted by Crippen LogP contribution is -2.32. The number of rotatable bonds is 4. The molecule has 0 radical (unpaired) electrons. The van der Waals surface area contributed by atoms with Crippen LogP contribution in [0.4, 0.5) is 0 Å². The van der Waals surface area contributed by atoms with Gasteiger partial charge >= 0.3 is 0 Å². The monoisotopic (exact) mass is 271 g/mol. The lowest BCUT2D eigenvalue weighted by Gasteiger charge is -2.19. The fourth-order valence-electron chi connectivity index (χ4n) is 1.34. The van der Waals surface area contributed by atoms with Gasteiger partial charge in [0.05, 0.1) is 11.0 Å². The van der Waals surface area contributed by atoms with Crippen LogP contribution in [-0.4, -0.2) is 20.1 Å². The van der Waals surface area contributed by atoms with Gasteiger partial charge in [0.2, 0.25) is 10.0 Å². The van der Waals surface area contributed by atoms with Crippen molar-refractivity contribution in [2.75, 3.05) is 6.54 Å². The summed E-state index contributed by atoms with van der Waals surface area (Å²) in [6, 6.07) is 6.35. The van der Waals surface area contributed by atoms with E-state index in [0.717, 1.165) is 0 Å². The predicted octanol–water partition coefficient (Wildman–Crippen LogP) is 2.06. The highest BCUT2D eigenvalue weighted by Crippen LogP contribution is 2.18. The van der Waals surface area contributed by atoms with Gasteiger partial charge in [-0.25, -0.2) is 13.1 Å². The smallest absolute Gasteiger partial charge is 0.240 e. The maximum absolute atomic E-state index is 12.1. The van der Waals surface area contributed by atoms with Crippen LogP contribution in [0, 0.1) is 5.41 Å². The summed E-state index contributed by atoms with van der Waals surface area (Å²) in [6.45, 7) is 7.85. The summed E-state index contributed by atoms with van der Waals surface area (Å²) < 4.78 is 26.7. The number of hydrogen-bond acceptors (Lipinski definition) is 3. The molecule has 0 bridgehead atoms. The quantitative estimate of drug-likeness (QED) is 0.881. The Morgan fingerprint density at radius 1 is 1.33 bits per heavy atom. The lowest BCUT2D eigenvalue weighted by atomic mass is 9.98. The van der Waals surface area contributed by atoms with Gasteiger partial charge in [0.15, 0.2) is 0 Å². The van der Waals surface area contributed by atoms with Crippen molar-refractivity contribution in [2.24, 2.45) is 5.41 Å². The molecule has 1 rings (SSSR count). The standard InChI is InChI=1S/C13H21NO3S/c1-10(15)11-6-5-7-12(8-11)18(16,17)14-9-13(2,3)4/h5-8,10,14-15H,9H2,1-4H3. The van der Waals surface area contributed by atoms with Gasteiger partial charge in [0, 0.05) is 6.54 Å². The van der Waals surface area contributed by atoms with E-state index in [4.69, 9.17) is 0 Å². The molecule has 4 nitrogen and oxygen atoms in total. The Morgan fingerprint density at radius 2 is 1.94 bits per heavy atom. The van der Waals surface area contributed by atoms with Crippen LogP contribution in [0.5, 0.6) is 0 Å². The van der Waals surface area contributed by atoms with Crippen LogP contribution in [-0.2, 0) is 10.0 Å². The summed E-state index contributed by atoms with van der Waals surface area (Å²) in [7, 11) is -3.51. The zero-order chi connectivity index (χ0) is 14.0. The zero-order valence-electron chi connectivity index (χ0n) is 11.3. The molecule has 1 atom stereocenters. The molecule has 0 aliphatic heterocycles. The maximum atomic E-state index is 12.1. The highest BCUT2D eigenvalue weighted by Gasteiger charge is 2.19. The van der Waals surface area contributed by atoms with Crippen molar-refractivity contribution >= 4 is 10.0 Å². The van der Waals surface area contributed by atoms with E-state index in [1.807, 2.05) is 20.8 Å². The van der Waals surface area contributed by atoms with Gasteiger partial charge in [0.25, 0.3) is 0 Å². The number of aliphatic hydroxyl groups is 1. The largest absolute Gasteiger partial charge is 0.389 e. The van der Waals surface area contributed by atoms with Gasteiger partial charge < -0.3 is 5.11 Å². The summed E-state index contributed by atoms with van der Waals surface area (Å²) in [5.74, 6) is 0. The van der Waals surface area contributed by atoms with Crippen LogP contribution in [0.25, 0.3) is 0 Å². The molecular formula is C13H21NO3S. The Kier molecular flexibility index (Phi) is 4.53.